The fraction of sp³-hybridized carbons (Fsp3) is 0.0556. The molecule has 0 spiro atoms. The van der Waals surface area contributed by atoms with Crippen molar-refractivity contribution >= 4 is 29.1 Å². The molecule has 0 amide bonds. The molecule has 2 rings (SSSR count). The van der Waals surface area contributed by atoms with Gasteiger partial charge in [0, 0.05) is 16.7 Å². The van der Waals surface area contributed by atoms with Gasteiger partial charge in [0.15, 0.2) is 11.5 Å². The van der Waals surface area contributed by atoms with E-state index < -0.39 is 16.4 Å². The van der Waals surface area contributed by atoms with Crippen molar-refractivity contribution in [2.75, 3.05) is 6.61 Å². The van der Waals surface area contributed by atoms with Crippen molar-refractivity contribution in [2.45, 2.75) is 0 Å². The summed E-state index contributed by atoms with van der Waals surface area (Å²) in [4.78, 5) is 22.2. The topological polar surface area (TPSA) is 89.7 Å². The van der Waals surface area contributed by atoms with Crippen molar-refractivity contribution in [3.05, 3.63) is 81.4 Å². The maximum Gasteiger partial charge on any atom is 0.311 e. The van der Waals surface area contributed by atoms with Gasteiger partial charge in [-0.3, -0.25) is 14.9 Å². The minimum Gasteiger partial charge on any atom is -0.502 e. The molecular weight excluding hydrogens is 346 g/mol. The summed E-state index contributed by atoms with van der Waals surface area (Å²) in [6.45, 7) is 3.69. The van der Waals surface area contributed by atoms with E-state index in [1.54, 1.807) is 24.3 Å². The number of hydrogen-bond donors (Lipinski definition) is 1. The number of benzene rings is 2. The Kier molecular flexibility index (Phi) is 5.92. The van der Waals surface area contributed by atoms with E-state index in [-0.39, 0.29) is 12.4 Å². The Morgan fingerprint density at radius 1 is 1.28 bits per heavy atom. The molecule has 25 heavy (non-hydrogen) atoms. The van der Waals surface area contributed by atoms with E-state index in [4.69, 9.17) is 16.3 Å². The number of nitro benzene ring substituents is 1. The molecule has 0 fully saturated rings. The summed E-state index contributed by atoms with van der Waals surface area (Å²) in [7, 11) is 0. The molecule has 1 N–H and O–H groups in total. The Morgan fingerprint density at radius 2 is 1.96 bits per heavy atom. The Morgan fingerprint density at radius 3 is 2.56 bits per heavy atom. The number of allylic oxidation sites excluding steroid dienone is 1. The molecule has 6 nitrogen and oxygen atoms in total. The molecule has 0 radical (unpaired) electrons. The first-order chi connectivity index (χ1) is 11.9. The van der Waals surface area contributed by atoms with Gasteiger partial charge in [0.25, 0.3) is 0 Å². The second-order valence-electron chi connectivity index (χ2n) is 5.03. The number of ether oxygens (including phenoxy) is 1. The normalized spacial score (nSPS) is 10.6. The van der Waals surface area contributed by atoms with Gasteiger partial charge < -0.3 is 9.84 Å². The number of phenols is 1. The number of carbonyl (C=O) groups is 1. The van der Waals surface area contributed by atoms with Gasteiger partial charge in [-0.05, 0) is 42.0 Å². The molecule has 0 saturated carbocycles. The molecule has 2 aromatic carbocycles. The molecule has 7 heteroatoms. The second kappa shape index (κ2) is 8.12. The fourth-order valence-electron chi connectivity index (χ4n) is 1.94. The largest absolute Gasteiger partial charge is 0.502 e. The van der Waals surface area contributed by atoms with Crippen LogP contribution in [-0.4, -0.2) is 22.4 Å². The SMILES string of the molecule is C=C(Cl)COc1ccc(C(=O)C=Cc2ccc(O)c([N+](=O)[O-])c2)cc1. The number of carbonyl (C=O) groups excluding carboxylic acids is 1. The minimum absolute atomic E-state index is 0.175. The van der Waals surface area contributed by atoms with Crippen LogP contribution in [0.3, 0.4) is 0 Å². The van der Waals surface area contributed by atoms with Crippen molar-refractivity contribution < 1.29 is 19.6 Å². The van der Waals surface area contributed by atoms with E-state index in [0.717, 1.165) is 0 Å². The average Bonchev–Trinajstić information content (AvgIpc) is 2.59. The first-order valence-electron chi connectivity index (χ1n) is 7.13. The number of rotatable bonds is 7. The maximum absolute atomic E-state index is 12.1. The zero-order valence-corrected chi connectivity index (χ0v) is 13.8. The number of hydrogen-bond acceptors (Lipinski definition) is 5. The van der Waals surface area contributed by atoms with Crippen LogP contribution < -0.4 is 4.74 Å². The van der Waals surface area contributed by atoms with Gasteiger partial charge in [-0.2, -0.15) is 0 Å². The van der Waals surface area contributed by atoms with Gasteiger partial charge in [-0.25, -0.2) is 0 Å². The number of halogens is 1. The average molecular weight is 360 g/mol. The maximum atomic E-state index is 12.1. The molecule has 0 aliphatic rings. The number of phenolic OH excluding ortho intramolecular Hbond substituents is 1. The third-order valence-corrected chi connectivity index (χ3v) is 3.27. The highest BCUT2D eigenvalue weighted by Crippen LogP contribution is 2.26. The third kappa shape index (κ3) is 5.19. The van der Waals surface area contributed by atoms with E-state index in [0.29, 0.717) is 21.9 Å². The highest BCUT2D eigenvalue weighted by molar-refractivity contribution is 6.29. The van der Waals surface area contributed by atoms with Crippen LogP contribution in [-0.2, 0) is 0 Å². The van der Waals surface area contributed by atoms with Crippen LogP contribution in [0.25, 0.3) is 6.08 Å². The summed E-state index contributed by atoms with van der Waals surface area (Å²) in [6, 6.07) is 10.3. The quantitative estimate of drug-likeness (QED) is 0.344. The van der Waals surface area contributed by atoms with Crippen LogP contribution in [0.1, 0.15) is 15.9 Å². The van der Waals surface area contributed by atoms with Crippen molar-refractivity contribution in [2.24, 2.45) is 0 Å². The van der Waals surface area contributed by atoms with Crippen LogP contribution in [0.2, 0.25) is 0 Å². The summed E-state index contributed by atoms with van der Waals surface area (Å²) in [5.41, 5.74) is 0.442. The van der Waals surface area contributed by atoms with E-state index >= 15 is 0 Å². The minimum atomic E-state index is -0.692. The first-order valence-corrected chi connectivity index (χ1v) is 7.50. The van der Waals surface area contributed by atoms with E-state index in [1.165, 1.54) is 30.4 Å². The van der Waals surface area contributed by atoms with Crippen LogP contribution >= 0.6 is 11.6 Å². The lowest BCUT2D eigenvalue weighted by molar-refractivity contribution is -0.385. The molecule has 0 aliphatic carbocycles. The number of nitrogens with zero attached hydrogens (tertiary/aromatic N) is 1. The Balaban J connectivity index is 2.08. The molecule has 128 valence electrons. The number of nitro groups is 1. The lowest BCUT2D eigenvalue weighted by Crippen LogP contribution is -1.98. The highest BCUT2D eigenvalue weighted by Gasteiger charge is 2.12. The molecule has 0 heterocycles. The van der Waals surface area contributed by atoms with Gasteiger partial charge in [0.2, 0.25) is 0 Å². The van der Waals surface area contributed by atoms with E-state index in [1.807, 2.05) is 0 Å². The molecule has 0 bridgehead atoms. The predicted molar refractivity (Wildman–Crippen MR) is 95.1 cm³/mol. The summed E-state index contributed by atoms with van der Waals surface area (Å²) in [6.07, 6.45) is 2.74. The van der Waals surface area contributed by atoms with Crippen LogP contribution in [0.5, 0.6) is 11.5 Å². The van der Waals surface area contributed by atoms with Crippen molar-refractivity contribution in [3.63, 3.8) is 0 Å². The van der Waals surface area contributed by atoms with E-state index in [2.05, 4.69) is 6.58 Å². The third-order valence-electron chi connectivity index (χ3n) is 3.16. The van der Waals surface area contributed by atoms with Crippen molar-refractivity contribution in [1.29, 1.82) is 0 Å². The molecule has 0 aromatic heterocycles. The molecular formula is C18H14ClNO5. The Bertz CT molecular complexity index is 843. The molecule has 0 unspecified atom stereocenters. The fourth-order valence-corrected chi connectivity index (χ4v) is 1.99. The summed E-state index contributed by atoms with van der Waals surface area (Å²) in [5.74, 6) is -0.149. The Labute approximate surface area is 148 Å². The van der Waals surface area contributed by atoms with Gasteiger partial charge >= 0.3 is 5.69 Å². The number of ketones is 1. The van der Waals surface area contributed by atoms with Crippen LogP contribution in [0.15, 0.2) is 60.2 Å². The lowest BCUT2D eigenvalue weighted by Gasteiger charge is -2.05. The van der Waals surface area contributed by atoms with E-state index in [9.17, 15) is 20.0 Å². The number of aromatic hydroxyl groups is 1. The second-order valence-corrected chi connectivity index (χ2v) is 5.57. The summed E-state index contributed by atoms with van der Waals surface area (Å²) < 4.78 is 5.33. The highest BCUT2D eigenvalue weighted by atomic mass is 35.5. The molecule has 0 saturated heterocycles. The van der Waals surface area contributed by atoms with Crippen molar-refractivity contribution in [1.82, 2.24) is 0 Å². The Hall–Kier alpha value is -3.12. The molecule has 0 aliphatic heterocycles. The van der Waals surface area contributed by atoms with Crippen molar-refractivity contribution in [3.8, 4) is 11.5 Å². The standard InChI is InChI=1S/C18H14ClNO5/c1-12(19)11-25-15-6-4-14(5-7-15)17(21)8-2-13-3-9-18(22)16(10-13)20(23)24/h2-10,22H,1,11H2. The summed E-state index contributed by atoms with van der Waals surface area (Å²) in [5, 5.41) is 20.6. The molecule has 0 atom stereocenters. The lowest BCUT2D eigenvalue weighted by atomic mass is 10.1. The monoisotopic (exact) mass is 359 g/mol. The zero-order chi connectivity index (χ0) is 18.4. The van der Waals surface area contributed by atoms with Gasteiger partial charge in [-0.15, -0.1) is 0 Å². The zero-order valence-electron chi connectivity index (χ0n) is 13.0. The summed E-state index contributed by atoms with van der Waals surface area (Å²) >= 11 is 5.61. The van der Waals surface area contributed by atoms with Crippen LogP contribution in [0.4, 0.5) is 5.69 Å². The van der Waals surface area contributed by atoms with Gasteiger partial charge in [0.05, 0.1) is 4.92 Å². The predicted octanol–water partition coefficient (Wildman–Crippen LogP) is 4.33. The smallest absolute Gasteiger partial charge is 0.311 e. The molecule has 2 aromatic rings. The first kappa shape index (κ1) is 18.2. The van der Waals surface area contributed by atoms with Gasteiger partial charge in [0.1, 0.15) is 12.4 Å². The van der Waals surface area contributed by atoms with Gasteiger partial charge in [-0.1, -0.05) is 30.3 Å². The van der Waals surface area contributed by atoms with Crippen LogP contribution in [0, 0.1) is 10.1 Å².